The fourth-order valence-electron chi connectivity index (χ4n) is 2.79. The van der Waals surface area contributed by atoms with Crippen LogP contribution in [-0.2, 0) is 21.6 Å². The highest BCUT2D eigenvalue weighted by Gasteiger charge is 2.46. The number of ether oxygens (including phenoxy) is 2. The van der Waals surface area contributed by atoms with E-state index >= 15 is 0 Å². The third-order valence-electron chi connectivity index (χ3n) is 3.65. The van der Waals surface area contributed by atoms with Crippen LogP contribution in [0.3, 0.4) is 0 Å². The number of hydrogen-bond acceptors (Lipinski definition) is 3. The van der Waals surface area contributed by atoms with Crippen LogP contribution in [0.5, 0.6) is 5.75 Å². The van der Waals surface area contributed by atoms with Crippen molar-refractivity contribution in [2.24, 2.45) is 0 Å². The van der Waals surface area contributed by atoms with Crippen molar-refractivity contribution in [3.8, 4) is 5.75 Å². The number of esters is 1. The molecule has 2 aliphatic rings. The van der Waals surface area contributed by atoms with E-state index in [0.717, 1.165) is 30.6 Å². The van der Waals surface area contributed by atoms with Crippen LogP contribution in [0.15, 0.2) is 18.2 Å². The Morgan fingerprint density at radius 3 is 2.81 bits per heavy atom. The molecule has 1 aliphatic carbocycles. The smallest absolute Gasteiger partial charge is 0.306 e. The van der Waals surface area contributed by atoms with E-state index in [0.29, 0.717) is 6.42 Å². The summed E-state index contributed by atoms with van der Waals surface area (Å²) < 4.78 is 10.8. The van der Waals surface area contributed by atoms with Gasteiger partial charge in [0.15, 0.2) is 0 Å². The minimum atomic E-state index is -0.346. The zero-order valence-corrected chi connectivity index (χ0v) is 9.29. The van der Waals surface area contributed by atoms with Crippen molar-refractivity contribution < 1.29 is 14.3 Å². The third-order valence-corrected chi connectivity index (χ3v) is 3.65. The highest BCUT2D eigenvalue weighted by molar-refractivity contribution is 5.73. The van der Waals surface area contributed by atoms with E-state index in [1.165, 1.54) is 5.56 Å². The molecule has 1 atom stereocenters. The van der Waals surface area contributed by atoms with Gasteiger partial charge in [0.2, 0.25) is 0 Å². The van der Waals surface area contributed by atoms with Crippen LogP contribution >= 0.6 is 0 Å². The summed E-state index contributed by atoms with van der Waals surface area (Å²) in [5.41, 5.74) is 2.09. The van der Waals surface area contributed by atoms with E-state index in [4.69, 9.17) is 9.47 Å². The minimum Gasteiger partial charge on any atom is -0.497 e. The molecule has 0 amide bonds. The summed E-state index contributed by atoms with van der Waals surface area (Å²) in [6.07, 6.45) is 3.26. The summed E-state index contributed by atoms with van der Waals surface area (Å²) in [5.74, 6) is 0.763. The predicted molar refractivity (Wildman–Crippen MR) is 58.3 cm³/mol. The van der Waals surface area contributed by atoms with Gasteiger partial charge in [-0.05, 0) is 30.5 Å². The van der Waals surface area contributed by atoms with Crippen molar-refractivity contribution >= 4 is 5.97 Å². The number of benzene rings is 1. The Morgan fingerprint density at radius 1 is 1.31 bits per heavy atom. The molecule has 1 saturated heterocycles. The molecular weight excluding hydrogens is 204 g/mol. The Kier molecular flexibility index (Phi) is 1.96. The van der Waals surface area contributed by atoms with E-state index in [1.54, 1.807) is 7.11 Å². The number of carbonyl (C=O) groups excluding carboxylic acids is 1. The maximum absolute atomic E-state index is 11.3. The van der Waals surface area contributed by atoms with E-state index < -0.39 is 0 Å². The summed E-state index contributed by atoms with van der Waals surface area (Å²) in [7, 11) is 1.66. The Balaban J connectivity index is 2.07. The number of methoxy groups -OCH3 is 1. The molecule has 84 valence electrons. The van der Waals surface area contributed by atoms with Crippen molar-refractivity contribution in [1.29, 1.82) is 0 Å². The monoisotopic (exact) mass is 218 g/mol. The Hall–Kier alpha value is -1.51. The summed E-state index contributed by atoms with van der Waals surface area (Å²) in [5, 5.41) is 0. The number of carbonyl (C=O) groups is 1. The van der Waals surface area contributed by atoms with Crippen LogP contribution in [0.2, 0.25) is 0 Å². The zero-order chi connectivity index (χ0) is 11.2. The molecule has 1 aromatic carbocycles. The molecule has 3 nitrogen and oxygen atoms in total. The van der Waals surface area contributed by atoms with Gasteiger partial charge in [-0.15, -0.1) is 0 Å². The number of fused-ring (bicyclic) bond motifs is 2. The van der Waals surface area contributed by atoms with Crippen LogP contribution in [0.1, 0.15) is 30.4 Å². The molecular formula is C13H14O3. The highest BCUT2D eigenvalue weighted by atomic mass is 16.6. The first-order valence-electron chi connectivity index (χ1n) is 5.63. The van der Waals surface area contributed by atoms with Crippen LogP contribution in [0, 0.1) is 0 Å². The lowest BCUT2D eigenvalue weighted by Crippen LogP contribution is -2.21. The molecule has 1 aliphatic heterocycles. The molecule has 3 heteroatoms. The molecule has 0 aromatic heterocycles. The number of rotatable bonds is 1. The highest BCUT2D eigenvalue weighted by Crippen LogP contribution is 2.47. The standard InChI is InChI=1S/C13H14O3/c1-15-10-3-2-9-4-6-13(11(9)8-10)7-5-12(14)16-13/h2-3,8H,4-7H2,1H3. The Bertz CT molecular complexity index is 452. The topological polar surface area (TPSA) is 35.5 Å². The average molecular weight is 218 g/mol. The van der Waals surface area contributed by atoms with E-state index in [9.17, 15) is 4.79 Å². The van der Waals surface area contributed by atoms with Gasteiger partial charge in [-0.3, -0.25) is 4.79 Å². The normalized spacial score (nSPS) is 26.9. The van der Waals surface area contributed by atoms with Gasteiger partial charge in [0.1, 0.15) is 11.4 Å². The Morgan fingerprint density at radius 2 is 2.12 bits per heavy atom. The fraction of sp³-hybridized carbons (Fsp3) is 0.462. The van der Waals surface area contributed by atoms with Crippen molar-refractivity contribution in [3.05, 3.63) is 29.3 Å². The summed E-state index contributed by atoms with van der Waals surface area (Å²) >= 11 is 0. The third kappa shape index (κ3) is 1.24. The predicted octanol–water partition coefficient (Wildman–Crippen LogP) is 2.17. The lowest BCUT2D eigenvalue weighted by atomic mass is 9.93. The summed E-state index contributed by atoms with van der Waals surface area (Å²) in [4.78, 5) is 11.3. The van der Waals surface area contributed by atoms with Crippen LogP contribution < -0.4 is 4.74 Å². The lowest BCUT2D eigenvalue weighted by molar-refractivity contribution is -0.149. The van der Waals surface area contributed by atoms with Gasteiger partial charge in [-0.2, -0.15) is 0 Å². The lowest BCUT2D eigenvalue weighted by Gasteiger charge is -2.23. The van der Waals surface area contributed by atoms with Crippen LogP contribution in [0.4, 0.5) is 0 Å². The van der Waals surface area contributed by atoms with Crippen LogP contribution in [-0.4, -0.2) is 13.1 Å². The van der Waals surface area contributed by atoms with Gasteiger partial charge in [0.25, 0.3) is 0 Å². The first-order valence-corrected chi connectivity index (χ1v) is 5.63. The van der Waals surface area contributed by atoms with Crippen molar-refractivity contribution in [1.82, 2.24) is 0 Å². The molecule has 16 heavy (non-hydrogen) atoms. The minimum absolute atomic E-state index is 0.0735. The largest absolute Gasteiger partial charge is 0.497 e. The maximum Gasteiger partial charge on any atom is 0.306 e. The maximum atomic E-state index is 11.3. The molecule has 0 bridgehead atoms. The molecule has 1 unspecified atom stereocenters. The summed E-state index contributed by atoms with van der Waals surface area (Å²) in [6, 6.07) is 6.06. The number of hydrogen-bond donors (Lipinski definition) is 0. The summed E-state index contributed by atoms with van der Waals surface area (Å²) in [6.45, 7) is 0. The van der Waals surface area contributed by atoms with Gasteiger partial charge in [-0.1, -0.05) is 6.07 Å². The van der Waals surface area contributed by atoms with Crippen molar-refractivity contribution in [2.75, 3.05) is 7.11 Å². The Labute approximate surface area is 94.4 Å². The van der Waals surface area contributed by atoms with E-state index in [1.807, 2.05) is 12.1 Å². The second-order valence-electron chi connectivity index (χ2n) is 4.49. The average Bonchev–Trinajstić information content (AvgIpc) is 2.85. The molecule has 1 aromatic rings. The van der Waals surface area contributed by atoms with Crippen molar-refractivity contribution in [2.45, 2.75) is 31.3 Å². The quantitative estimate of drug-likeness (QED) is 0.678. The van der Waals surface area contributed by atoms with E-state index in [-0.39, 0.29) is 11.6 Å². The second-order valence-corrected chi connectivity index (χ2v) is 4.49. The molecule has 1 heterocycles. The SMILES string of the molecule is COc1ccc2c(c1)C1(CCC(=O)O1)CC2. The first kappa shape index (κ1) is 9.70. The molecule has 3 rings (SSSR count). The van der Waals surface area contributed by atoms with Gasteiger partial charge >= 0.3 is 5.97 Å². The molecule has 0 saturated carbocycles. The second kappa shape index (κ2) is 3.24. The van der Waals surface area contributed by atoms with Gasteiger partial charge < -0.3 is 9.47 Å². The molecule has 1 fully saturated rings. The van der Waals surface area contributed by atoms with Crippen LogP contribution in [0.25, 0.3) is 0 Å². The van der Waals surface area contributed by atoms with Crippen molar-refractivity contribution in [3.63, 3.8) is 0 Å². The number of aryl methyl sites for hydroxylation is 1. The van der Waals surface area contributed by atoms with E-state index in [2.05, 4.69) is 6.07 Å². The first-order chi connectivity index (χ1) is 7.73. The zero-order valence-electron chi connectivity index (χ0n) is 9.29. The van der Waals surface area contributed by atoms with Gasteiger partial charge in [-0.25, -0.2) is 0 Å². The fourth-order valence-corrected chi connectivity index (χ4v) is 2.79. The van der Waals surface area contributed by atoms with Gasteiger partial charge in [0.05, 0.1) is 7.11 Å². The molecule has 0 N–H and O–H groups in total. The molecule has 0 radical (unpaired) electrons. The molecule has 1 spiro atoms. The van der Waals surface area contributed by atoms with Gasteiger partial charge in [0, 0.05) is 18.4 Å².